The summed E-state index contributed by atoms with van der Waals surface area (Å²) in [6, 6.07) is 1.77. The predicted molar refractivity (Wildman–Crippen MR) is 71.9 cm³/mol. The Morgan fingerprint density at radius 3 is 2.95 bits per heavy atom. The van der Waals surface area contributed by atoms with Gasteiger partial charge in [0.15, 0.2) is 0 Å². The first-order valence-corrected chi connectivity index (χ1v) is 6.40. The number of nitrogen functional groups attached to an aromatic ring is 1. The number of hydrogen-bond donors (Lipinski definition) is 4. The fraction of sp³-hybridized carbons (Fsp3) is 0.417. The molecule has 8 heteroatoms. The average molecular weight is 276 g/mol. The van der Waals surface area contributed by atoms with Gasteiger partial charge in [-0.25, -0.2) is 9.97 Å². The topological polar surface area (TPSA) is 132 Å². The van der Waals surface area contributed by atoms with Gasteiger partial charge in [0.2, 0.25) is 5.95 Å². The smallest absolute Gasteiger partial charge is 0.265 e. The lowest BCUT2D eigenvalue weighted by molar-refractivity contribution is 0.0995. The highest BCUT2D eigenvalue weighted by Crippen LogP contribution is 2.31. The quantitative estimate of drug-likeness (QED) is 0.580. The van der Waals surface area contributed by atoms with Crippen molar-refractivity contribution in [3.05, 3.63) is 23.7 Å². The molecule has 3 rings (SSSR count). The number of rotatable bonds is 3. The van der Waals surface area contributed by atoms with E-state index in [9.17, 15) is 9.90 Å². The van der Waals surface area contributed by atoms with Crippen molar-refractivity contribution in [1.82, 2.24) is 19.7 Å². The lowest BCUT2D eigenvalue weighted by Crippen LogP contribution is -2.27. The Bertz CT molecular complexity index is 667. The van der Waals surface area contributed by atoms with Crippen molar-refractivity contribution in [2.45, 2.75) is 24.9 Å². The summed E-state index contributed by atoms with van der Waals surface area (Å²) in [5.74, 6) is -0.406. The average Bonchev–Trinajstić information content (AvgIpc) is 3.02. The molecule has 0 bridgehead atoms. The van der Waals surface area contributed by atoms with E-state index in [1.165, 1.54) is 10.7 Å². The van der Waals surface area contributed by atoms with E-state index >= 15 is 0 Å². The molecule has 1 aliphatic rings. The van der Waals surface area contributed by atoms with Crippen LogP contribution in [0.25, 0.3) is 5.65 Å². The molecule has 0 aromatic carbocycles. The standard InChI is InChI=1S/C12H16N6O2/c13-10(20)9-3-7(8-2-1-6(4-19)17-8)11-15-5-16-12(14)18(9)11/h3,5-6,8,17,19H,1-2,4H2,(H2,13,20)(H2,14,15,16)/t6-,8+/m0/s1. The van der Waals surface area contributed by atoms with Crippen molar-refractivity contribution in [3.63, 3.8) is 0 Å². The molecule has 0 aliphatic carbocycles. The normalized spacial score (nSPS) is 22.4. The van der Waals surface area contributed by atoms with Crippen LogP contribution in [-0.2, 0) is 0 Å². The maximum atomic E-state index is 11.5. The second kappa shape index (κ2) is 4.73. The highest BCUT2D eigenvalue weighted by molar-refractivity contribution is 5.93. The van der Waals surface area contributed by atoms with Crippen LogP contribution in [-0.4, -0.2) is 38.0 Å². The molecule has 0 radical (unpaired) electrons. The van der Waals surface area contributed by atoms with Crippen molar-refractivity contribution >= 4 is 17.5 Å². The number of hydrogen-bond acceptors (Lipinski definition) is 6. The third-order valence-corrected chi connectivity index (χ3v) is 3.69. The van der Waals surface area contributed by atoms with Gasteiger partial charge in [0.25, 0.3) is 5.91 Å². The summed E-state index contributed by atoms with van der Waals surface area (Å²) in [5, 5.41) is 12.5. The number of anilines is 1. The molecule has 1 aliphatic heterocycles. The van der Waals surface area contributed by atoms with Gasteiger partial charge < -0.3 is 21.9 Å². The zero-order valence-corrected chi connectivity index (χ0v) is 10.8. The van der Waals surface area contributed by atoms with Crippen molar-refractivity contribution in [3.8, 4) is 0 Å². The Kier molecular flexibility index (Phi) is 3.03. The van der Waals surface area contributed by atoms with Crippen LogP contribution in [0, 0.1) is 0 Å². The van der Waals surface area contributed by atoms with Gasteiger partial charge in [-0.1, -0.05) is 0 Å². The van der Waals surface area contributed by atoms with Crippen LogP contribution < -0.4 is 16.8 Å². The molecule has 0 unspecified atom stereocenters. The van der Waals surface area contributed by atoms with E-state index in [1.807, 2.05) is 0 Å². The number of primary amides is 1. The summed E-state index contributed by atoms with van der Waals surface area (Å²) < 4.78 is 1.46. The van der Waals surface area contributed by atoms with Crippen LogP contribution in [0.4, 0.5) is 5.95 Å². The van der Waals surface area contributed by atoms with Crippen molar-refractivity contribution in [2.75, 3.05) is 12.3 Å². The molecule has 0 spiro atoms. The third-order valence-electron chi connectivity index (χ3n) is 3.69. The first kappa shape index (κ1) is 12.8. The Morgan fingerprint density at radius 1 is 1.50 bits per heavy atom. The van der Waals surface area contributed by atoms with Gasteiger partial charge in [-0.15, -0.1) is 0 Å². The fourth-order valence-electron chi connectivity index (χ4n) is 2.73. The molecule has 1 amide bonds. The minimum atomic E-state index is -0.579. The molecular weight excluding hydrogens is 260 g/mol. The van der Waals surface area contributed by atoms with Crippen molar-refractivity contribution < 1.29 is 9.90 Å². The fourth-order valence-corrected chi connectivity index (χ4v) is 2.73. The van der Waals surface area contributed by atoms with E-state index in [4.69, 9.17) is 11.5 Å². The van der Waals surface area contributed by atoms with Crippen LogP contribution in [0.15, 0.2) is 12.4 Å². The second-order valence-corrected chi connectivity index (χ2v) is 4.92. The minimum absolute atomic E-state index is 0.0181. The molecule has 0 saturated carbocycles. The van der Waals surface area contributed by atoms with Gasteiger partial charge >= 0.3 is 0 Å². The molecule has 1 fully saturated rings. The summed E-state index contributed by atoms with van der Waals surface area (Å²) in [7, 11) is 0. The van der Waals surface area contributed by atoms with Gasteiger partial charge in [-0.05, 0) is 18.9 Å². The third kappa shape index (κ3) is 1.89. The number of amides is 1. The van der Waals surface area contributed by atoms with Gasteiger partial charge in [-0.2, -0.15) is 0 Å². The zero-order chi connectivity index (χ0) is 14.3. The van der Waals surface area contributed by atoms with E-state index in [2.05, 4.69) is 15.3 Å². The molecule has 20 heavy (non-hydrogen) atoms. The second-order valence-electron chi connectivity index (χ2n) is 4.92. The summed E-state index contributed by atoms with van der Waals surface area (Å²) in [6.07, 6.45) is 3.08. The molecule has 2 aromatic rings. The molecule has 106 valence electrons. The summed E-state index contributed by atoms with van der Waals surface area (Å²) in [4.78, 5) is 19.6. The first-order chi connectivity index (χ1) is 9.61. The van der Waals surface area contributed by atoms with Gasteiger partial charge in [0.1, 0.15) is 17.7 Å². The number of aliphatic hydroxyl groups is 1. The van der Waals surface area contributed by atoms with Crippen LogP contribution in [0.3, 0.4) is 0 Å². The minimum Gasteiger partial charge on any atom is -0.395 e. The number of fused-ring (bicyclic) bond motifs is 1. The Hall–Kier alpha value is -2.19. The van der Waals surface area contributed by atoms with E-state index < -0.39 is 5.91 Å². The Morgan fingerprint density at radius 2 is 2.30 bits per heavy atom. The van der Waals surface area contributed by atoms with E-state index in [1.54, 1.807) is 6.07 Å². The largest absolute Gasteiger partial charge is 0.395 e. The van der Waals surface area contributed by atoms with Crippen LogP contribution in [0.2, 0.25) is 0 Å². The maximum absolute atomic E-state index is 11.5. The summed E-state index contributed by atoms with van der Waals surface area (Å²) in [6.45, 7) is 0.0854. The van der Waals surface area contributed by atoms with Gasteiger partial charge in [-0.3, -0.25) is 9.20 Å². The van der Waals surface area contributed by atoms with Crippen molar-refractivity contribution in [2.24, 2.45) is 5.73 Å². The molecule has 6 N–H and O–H groups in total. The van der Waals surface area contributed by atoms with E-state index in [0.717, 1.165) is 18.4 Å². The molecule has 1 saturated heterocycles. The number of nitrogens with zero attached hydrogens (tertiary/aromatic N) is 3. The van der Waals surface area contributed by atoms with E-state index in [-0.39, 0.29) is 30.3 Å². The molecule has 2 aromatic heterocycles. The number of aliphatic hydroxyl groups excluding tert-OH is 1. The lowest BCUT2D eigenvalue weighted by Gasteiger charge is -2.11. The number of carbonyl (C=O) groups excluding carboxylic acids is 1. The number of nitrogens with two attached hydrogens (primary N) is 2. The van der Waals surface area contributed by atoms with E-state index in [0.29, 0.717) is 5.65 Å². The predicted octanol–water partition coefficient (Wildman–Crippen LogP) is -0.804. The maximum Gasteiger partial charge on any atom is 0.265 e. The van der Waals surface area contributed by atoms with Crippen LogP contribution in [0.1, 0.15) is 34.9 Å². The van der Waals surface area contributed by atoms with Gasteiger partial charge in [0, 0.05) is 17.6 Å². The molecule has 8 nitrogen and oxygen atoms in total. The number of carbonyl (C=O) groups is 1. The Balaban J connectivity index is 2.12. The highest BCUT2D eigenvalue weighted by atomic mass is 16.3. The summed E-state index contributed by atoms with van der Waals surface area (Å²) in [5.41, 5.74) is 12.9. The first-order valence-electron chi connectivity index (χ1n) is 6.40. The highest BCUT2D eigenvalue weighted by Gasteiger charge is 2.28. The molecular formula is C12H16N6O2. The Labute approximate surface area is 114 Å². The van der Waals surface area contributed by atoms with Gasteiger partial charge in [0.05, 0.1) is 6.61 Å². The monoisotopic (exact) mass is 276 g/mol. The SMILES string of the molecule is NC(=O)c1cc([C@H]2CC[C@@H](CO)N2)c2ncnc(N)n12. The summed E-state index contributed by atoms with van der Waals surface area (Å²) >= 11 is 0. The van der Waals surface area contributed by atoms with Crippen LogP contribution in [0.5, 0.6) is 0 Å². The molecule has 3 heterocycles. The number of aromatic nitrogens is 3. The molecule has 2 atom stereocenters. The van der Waals surface area contributed by atoms with Crippen LogP contribution >= 0.6 is 0 Å². The lowest BCUT2D eigenvalue weighted by atomic mass is 10.1. The van der Waals surface area contributed by atoms with Crippen molar-refractivity contribution in [1.29, 1.82) is 0 Å². The number of nitrogens with one attached hydrogen (secondary N) is 1. The zero-order valence-electron chi connectivity index (χ0n) is 10.8.